The zero-order valence-corrected chi connectivity index (χ0v) is 28.1. The molecule has 0 unspecified atom stereocenters. The van der Waals surface area contributed by atoms with Crippen molar-refractivity contribution in [3.05, 3.63) is 53.6 Å². The highest BCUT2D eigenvalue weighted by atomic mass is 16.5. The van der Waals surface area contributed by atoms with Crippen molar-refractivity contribution in [3.8, 4) is 17.2 Å². The third-order valence-electron chi connectivity index (χ3n) is 7.26. The normalized spacial score (nSPS) is 13.9. The van der Waals surface area contributed by atoms with Crippen LogP contribution < -0.4 is 32.2 Å². The van der Waals surface area contributed by atoms with Crippen LogP contribution >= 0.6 is 0 Å². The Bertz CT molecular complexity index is 1360. The van der Waals surface area contributed by atoms with Crippen LogP contribution in [0.25, 0.3) is 12.2 Å². The van der Waals surface area contributed by atoms with Gasteiger partial charge in [-0.3, -0.25) is 14.4 Å². The van der Waals surface area contributed by atoms with E-state index in [9.17, 15) is 34.5 Å². The smallest absolute Gasteiger partial charge is 0.334 e. The van der Waals surface area contributed by atoms with E-state index in [-0.39, 0.29) is 41.9 Å². The first-order valence-electron chi connectivity index (χ1n) is 16.2. The zero-order valence-electron chi connectivity index (χ0n) is 28.1. The minimum atomic E-state index is -1.33. The van der Waals surface area contributed by atoms with Gasteiger partial charge in [-0.15, -0.1) is 0 Å². The van der Waals surface area contributed by atoms with Gasteiger partial charge in [0, 0.05) is 6.07 Å². The van der Waals surface area contributed by atoms with Crippen LogP contribution in [0.15, 0.2) is 42.5 Å². The summed E-state index contributed by atoms with van der Waals surface area (Å²) in [6.45, 7) is 7.25. The van der Waals surface area contributed by atoms with Gasteiger partial charge in [-0.1, -0.05) is 52.0 Å². The lowest BCUT2D eigenvalue weighted by Gasteiger charge is -2.25. The Hall–Kier alpha value is -4.46. The molecule has 3 amide bonds. The minimum absolute atomic E-state index is 0.00142. The van der Waals surface area contributed by atoms with Crippen LogP contribution in [0.3, 0.4) is 0 Å². The molecule has 0 heterocycles. The van der Waals surface area contributed by atoms with Gasteiger partial charge in [0.15, 0.2) is 0 Å². The first-order valence-corrected chi connectivity index (χ1v) is 16.2. The number of phenols is 2. The van der Waals surface area contributed by atoms with Gasteiger partial charge < -0.3 is 47.5 Å². The molecule has 0 spiro atoms. The third kappa shape index (κ3) is 14.1. The maximum Gasteiger partial charge on any atom is 0.334 e. The van der Waals surface area contributed by atoms with E-state index in [2.05, 4.69) is 16.0 Å². The van der Waals surface area contributed by atoms with E-state index >= 15 is 0 Å². The zero-order chi connectivity index (χ0) is 35.8. The number of rotatable bonds is 19. The average molecular weight is 670 g/mol. The second-order valence-electron chi connectivity index (χ2n) is 12.6. The number of ether oxygens (including phenoxy) is 1. The largest absolute Gasteiger partial charge is 0.508 e. The molecule has 2 aromatic carbocycles. The van der Waals surface area contributed by atoms with E-state index in [1.54, 1.807) is 36.4 Å². The maximum absolute atomic E-state index is 13.5. The number of carbonyl (C=O) groups excluding carboxylic acids is 4. The summed E-state index contributed by atoms with van der Waals surface area (Å²) in [5.74, 6) is -2.42. The topological polar surface area (TPSA) is 226 Å². The number of phenolic OH excluding ortho intramolecular Hbond substituents is 2. The number of amides is 3. The van der Waals surface area contributed by atoms with Gasteiger partial charge in [-0.2, -0.15) is 0 Å². The van der Waals surface area contributed by atoms with Crippen molar-refractivity contribution in [2.24, 2.45) is 23.3 Å². The van der Waals surface area contributed by atoms with E-state index in [0.717, 1.165) is 5.56 Å². The predicted octanol–water partition coefficient (Wildman–Crippen LogP) is 2.17. The summed E-state index contributed by atoms with van der Waals surface area (Å²) in [5.41, 5.74) is 12.9. The molecule has 0 radical (unpaired) electrons. The van der Waals surface area contributed by atoms with Crippen LogP contribution in [0.5, 0.6) is 17.2 Å². The third-order valence-corrected chi connectivity index (χ3v) is 7.26. The molecule has 0 bridgehead atoms. The second-order valence-corrected chi connectivity index (χ2v) is 12.6. The van der Waals surface area contributed by atoms with Crippen molar-refractivity contribution in [1.82, 2.24) is 16.0 Å². The van der Waals surface area contributed by atoms with Gasteiger partial charge in [0.2, 0.25) is 17.7 Å². The molecule has 13 nitrogen and oxygen atoms in total. The molecule has 48 heavy (non-hydrogen) atoms. The Morgan fingerprint density at radius 3 is 1.85 bits per heavy atom. The maximum atomic E-state index is 13.5. The van der Waals surface area contributed by atoms with E-state index in [0.29, 0.717) is 31.4 Å². The number of nitrogens with two attached hydrogens (primary N) is 2. The van der Waals surface area contributed by atoms with E-state index in [4.69, 9.17) is 16.2 Å². The Morgan fingerprint density at radius 2 is 1.29 bits per heavy atom. The van der Waals surface area contributed by atoms with Gasteiger partial charge in [0.05, 0.1) is 12.6 Å². The van der Waals surface area contributed by atoms with Crippen molar-refractivity contribution in [2.45, 2.75) is 84.0 Å². The summed E-state index contributed by atoms with van der Waals surface area (Å²) < 4.78 is 5.60. The predicted molar refractivity (Wildman–Crippen MR) is 183 cm³/mol. The highest BCUT2D eigenvalue weighted by Gasteiger charge is 2.31. The number of carbonyl (C=O) groups is 4. The van der Waals surface area contributed by atoms with Crippen LogP contribution in [0.1, 0.15) is 70.9 Å². The lowest BCUT2D eigenvalue weighted by atomic mass is 10.0. The summed E-state index contributed by atoms with van der Waals surface area (Å²) in [6, 6.07) is 6.53. The first-order chi connectivity index (χ1) is 22.7. The Morgan fingerprint density at radius 1 is 0.750 bits per heavy atom. The van der Waals surface area contributed by atoms with Crippen molar-refractivity contribution >= 4 is 35.8 Å². The fraction of sp³-hybridized carbons (Fsp3) is 0.486. The molecule has 4 atom stereocenters. The van der Waals surface area contributed by atoms with Crippen molar-refractivity contribution in [1.29, 1.82) is 0 Å². The highest BCUT2D eigenvalue weighted by Crippen LogP contribution is 2.22. The van der Waals surface area contributed by atoms with Crippen LogP contribution in [0, 0.1) is 11.8 Å². The molecule has 0 saturated heterocycles. The van der Waals surface area contributed by atoms with E-state index < -0.39 is 54.5 Å². The summed E-state index contributed by atoms with van der Waals surface area (Å²) in [4.78, 5) is 52.3. The molecule has 0 saturated carbocycles. The Balaban J connectivity index is 2.13. The number of aliphatic hydroxyl groups is 1. The molecule has 0 fully saturated rings. The summed E-state index contributed by atoms with van der Waals surface area (Å²) >= 11 is 0. The van der Waals surface area contributed by atoms with Crippen molar-refractivity contribution in [2.75, 3.05) is 13.2 Å². The number of nitrogens with one attached hydrogen (secondary N) is 3. The number of hydrogen-bond donors (Lipinski definition) is 8. The van der Waals surface area contributed by atoms with Gasteiger partial charge in [0.25, 0.3) is 0 Å². The fourth-order valence-electron chi connectivity index (χ4n) is 4.82. The molecular formula is C35H51N5O8. The molecule has 0 aliphatic rings. The molecule has 0 aliphatic heterocycles. The average Bonchev–Trinajstić information content (AvgIpc) is 3.01. The molecule has 2 aromatic rings. The van der Waals surface area contributed by atoms with Gasteiger partial charge >= 0.3 is 5.97 Å². The Labute approximate surface area is 282 Å². The number of hydrogen-bond acceptors (Lipinski definition) is 10. The standard InChI is InChI=1S/C35H51N5O8/c1-21(2)15-28(37)32(44)40-31(20-41)34(46)38-29(7-5-6-14-36)33(45)39-30(16-22(3)4)35(47)48-27-12-10-23(11-13-27)8-9-24-17-25(42)19-26(43)18-24/h8-13,17-19,21-22,28-31,41-43H,5-7,14-16,20,36-37H2,1-4H3,(H,38,46)(H,39,45)(H,40,44)/b9-8+/t28-,29-,30-,31-/m0/s1. The number of unbranched alkanes of at least 4 members (excludes halogenated alkanes) is 1. The van der Waals surface area contributed by atoms with E-state index in [1.165, 1.54) is 18.2 Å². The molecule has 13 heteroatoms. The minimum Gasteiger partial charge on any atom is -0.508 e. The quantitative estimate of drug-likeness (QED) is 0.0471. The monoisotopic (exact) mass is 669 g/mol. The summed E-state index contributed by atoms with van der Waals surface area (Å²) in [7, 11) is 0. The fourth-order valence-corrected chi connectivity index (χ4v) is 4.82. The number of aliphatic hydroxyl groups excluding tert-OH is 1. The van der Waals surface area contributed by atoms with Crippen LogP contribution in [-0.2, 0) is 19.2 Å². The van der Waals surface area contributed by atoms with Gasteiger partial charge in [0.1, 0.15) is 35.4 Å². The molecule has 0 aromatic heterocycles. The summed E-state index contributed by atoms with van der Waals surface area (Å²) in [5, 5.41) is 36.9. The molecule has 264 valence electrons. The SMILES string of the molecule is CC(C)C[C@H](NC(=O)[C@H](CCCCN)NC(=O)[C@H](CO)NC(=O)[C@@H](N)CC(C)C)C(=O)Oc1ccc(/C=C/c2cc(O)cc(O)c2)cc1. The van der Waals surface area contributed by atoms with Crippen LogP contribution in [-0.4, -0.2) is 76.3 Å². The number of esters is 1. The molecule has 0 aliphatic carbocycles. The van der Waals surface area contributed by atoms with Gasteiger partial charge in [-0.05, 0) is 85.9 Å². The Kier molecular flexibility index (Phi) is 16.6. The molecule has 10 N–H and O–H groups in total. The lowest BCUT2D eigenvalue weighted by molar-refractivity contribution is -0.140. The molecular weight excluding hydrogens is 618 g/mol. The second kappa shape index (κ2) is 20.0. The molecule has 2 rings (SSSR count). The van der Waals surface area contributed by atoms with Crippen LogP contribution in [0.2, 0.25) is 0 Å². The van der Waals surface area contributed by atoms with Gasteiger partial charge in [-0.25, -0.2) is 4.79 Å². The highest BCUT2D eigenvalue weighted by molar-refractivity contribution is 5.94. The van der Waals surface area contributed by atoms with Crippen molar-refractivity contribution in [3.63, 3.8) is 0 Å². The number of aromatic hydroxyl groups is 2. The number of benzene rings is 2. The lowest BCUT2D eigenvalue weighted by Crippen LogP contribution is -2.58. The van der Waals surface area contributed by atoms with Crippen LogP contribution in [0.4, 0.5) is 0 Å². The van der Waals surface area contributed by atoms with Crippen molar-refractivity contribution < 1.29 is 39.2 Å². The first kappa shape index (κ1) is 39.7. The van der Waals surface area contributed by atoms with E-state index in [1.807, 2.05) is 27.7 Å². The summed E-state index contributed by atoms with van der Waals surface area (Å²) in [6.07, 6.45) is 5.39.